The molecular formula is C25H35N3O3. The Morgan fingerprint density at radius 3 is 2.58 bits per heavy atom. The van der Waals surface area contributed by atoms with Crippen LogP contribution in [-0.4, -0.2) is 51.9 Å². The molecule has 6 heteroatoms. The number of carbonyl (C=O) groups excluding carboxylic acids is 1. The van der Waals surface area contributed by atoms with E-state index in [2.05, 4.69) is 47.1 Å². The highest BCUT2D eigenvalue weighted by atomic mass is 16.5. The number of ether oxygens (including phenoxy) is 1. The second kappa shape index (κ2) is 8.30. The number of nitrogens with zero attached hydrogens (tertiary/aromatic N) is 2. The molecule has 1 saturated heterocycles. The van der Waals surface area contributed by atoms with Crippen molar-refractivity contribution in [2.24, 2.45) is 11.3 Å². The van der Waals surface area contributed by atoms with Gasteiger partial charge in [-0.1, -0.05) is 24.1 Å². The zero-order valence-corrected chi connectivity index (χ0v) is 19.4. The Morgan fingerprint density at radius 2 is 2.00 bits per heavy atom. The number of hydrogen-bond acceptors (Lipinski definition) is 4. The number of amides is 1. The van der Waals surface area contributed by atoms with Gasteiger partial charge in [-0.05, 0) is 65.0 Å². The summed E-state index contributed by atoms with van der Waals surface area (Å²) in [5.74, 6) is 1.17. The Balaban J connectivity index is 1.55. The lowest BCUT2D eigenvalue weighted by atomic mass is 9.91. The number of fused-ring (bicyclic) bond motifs is 2. The van der Waals surface area contributed by atoms with Crippen molar-refractivity contribution >= 4 is 5.91 Å². The summed E-state index contributed by atoms with van der Waals surface area (Å²) in [7, 11) is 0. The van der Waals surface area contributed by atoms with Crippen LogP contribution in [0.2, 0.25) is 0 Å². The van der Waals surface area contributed by atoms with Gasteiger partial charge >= 0.3 is 0 Å². The molecule has 1 aliphatic heterocycles. The summed E-state index contributed by atoms with van der Waals surface area (Å²) in [5, 5.41) is 17.4. The van der Waals surface area contributed by atoms with Crippen LogP contribution in [0.4, 0.5) is 0 Å². The fraction of sp³-hybridized carbons (Fsp3) is 0.600. The summed E-state index contributed by atoms with van der Waals surface area (Å²) >= 11 is 0. The molecule has 1 aromatic carbocycles. The molecule has 2 heterocycles. The first-order valence-electron chi connectivity index (χ1n) is 11.4. The molecule has 0 radical (unpaired) electrons. The Kier molecular flexibility index (Phi) is 5.86. The van der Waals surface area contributed by atoms with Crippen LogP contribution in [0.5, 0.6) is 5.88 Å². The molecule has 1 aliphatic carbocycles. The fourth-order valence-corrected chi connectivity index (χ4v) is 5.20. The lowest BCUT2D eigenvalue weighted by molar-refractivity contribution is -0.143. The molecule has 2 fully saturated rings. The van der Waals surface area contributed by atoms with Crippen molar-refractivity contribution in [3.63, 3.8) is 0 Å². The van der Waals surface area contributed by atoms with Crippen molar-refractivity contribution in [1.29, 1.82) is 0 Å². The van der Waals surface area contributed by atoms with Crippen LogP contribution in [-0.2, 0) is 4.79 Å². The van der Waals surface area contributed by atoms with Gasteiger partial charge in [-0.15, -0.1) is 5.10 Å². The van der Waals surface area contributed by atoms with E-state index < -0.39 is 5.41 Å². The van der Waals surface area contributed by atoms with Crippen LogP contribution >= 0.6 is 0 Å². The maximum atomic E-state index is 13.2. The first-order chi connectivity index (χ1) is 14.7. The Labute approximate surface area is 185 Å². The lowest BCUT2D eigenvalue weighted by Crippen LogP contribution is -2.47. The summed E-state index contributed by atoms with van der Waals surface area (Å²) in [6, 6.07) is 6.75. The van der Waals surface area contributed by atoms with E-state index in [0.29, 0.717) is 17.8 Å². The van der Waals surface area contributed by atoms with E-state index in [1.54, 1.807) is 0 Å². The van der Waals surface area contributed by atoms with Gasteiger partial charge < -0.3 is 14.7 Å². The molecule has 0 spiro atoms. The van der Waals surface area contributed by atoms with Crippen LogP contribution in [0, 0.1) is 25.2 Å². The van der Waals surface area contributed by atoms with Gasteiger partial charge in [0.2, 0.25) is 11.8 Å². The number of rotatable bonds is 7. The van der Waals surface area contributed by atoms with Crippen LogP contribution < -0.4 is 4.74 Å². The van der Waals surface area contributed by atoms with Crippen molar-refractivity contribution in [2.75, 3.05) is 19.8 Å². The molecule has 1 aromatic heterocycles. The minimum atomic E-state index is -0.636. The average molecular weight is 426 g/mol. The Hall–Kier alpha value is -2.34. The summed E-state index contributed by atoms with van der Waals surface area (Å²) in [4.78, 5) is 15.3. The van der Waals surface area contributed by atoms with Gasteiger partial charge in [0, 0.05) is 36.2 Å². The molecule has 2 unspecified atom stereocenters. The fourth-order valence-electron chi connectivity index (χ4n) is 5.20. The highest BCUT2D eigenvalue weighted by molar-refractivity contribution is 5.83. The van der Waals surface area contributed by atoms with Gasteiger partial charge in [0.1, 0.15) is 6.61 Å². The van der Waals surface area contributed by atoms with Crippen molar-refractivity contribution in [2.45, 2.75) is 65.8 Å². The number of aromatic nitrogens is 2. The Bertz CT molecular complexity index is 945. The van der Waals surface area contributed by atoms with Crippen molar-refractivity contribution < 1.29 is 14.6 Å². The van der Waals surface area contributed by atoms with Crippen molar-refractivity contribution in [1.82, 2.24) is 15.1 Å². The first kappa shape index (κ1) is 21.9. The predicted octanol–water partition coefficient (Wildman–Crippen LogP) is 4.21. The number of H-pyrrole nitrogens is 1. The van der Waals surface area contributed by atoms with Crippen molar-refractivity contribution in [3.8, 4) is 17.1 Å². The number of aryl methyl sites for hydroxylation is 2. The molecule has 6 nitrogen and oxygen atoms in total. The molecule has 168 valence electrons. The third kappa shape index (κ3) is 4.22. The average Bonchev–Trinajstić information content (AvgIpc) is 3.45. The van der Waals surface area contributed by atoms with Gasteiger partial charge in [-0.3, -0.25) is 9.89 Å². The molecule has 3 atom stereocenters. The molecule has 1 amide bonds. The minimum absolute atomic E-state index is 0.00708. The quantitative estimate of drug-likeness (QED) is 0.697. The number of carbonyl (C=O) groups is 1. The SMILES string of the molecule is Cc1cc(C)cc(-c2[nH]nc(OCC(C)(C)C(=O)N3CC4CCC3C4)c2[C@H](C)CO)c1. The molecule has 4 rings (SSSR count). The highest BCUT2D eigenvalue weighted by Crippen LogP contribution is 2.40. The van der Waals surface area contributed by atoms with Gasteiger partial charge in [0.15, 0.2) is 0 Å². The number of piperidine rings is 1. The van der Waals surface area contributed by atoms with Crippen LogP contribution in [0.25, 0.3) is 11.3 Å². The standard InChI is InChI=1S/C25H35N3O3/c1-15-8-16(2)10-19(9-15)22-21(17(3)13-29)23(27-26-22)31-14-25(4,5)24(30)28-12-18-6-7-20(28)11-18/h8-10,17-18,20,29H,6-7,11-14H2,1-5H3,(H,26,27)/t17-,18?,20?/m1/s1. The van der Waals surface area contributed by atoms with E-state index in [0.717, 1.165) is 36.2 Å². The maximum Gasteiger partial charge on any atom is 0.236 e. The number of aromatic amines is 1. The van der Waals surface area contributed by atoms with E-state index >= 15 is 0 Å². The number of aliphatic hydroxyl groups excluding tert-OH is 1. The van der Waals surface area contributed by atoms with Crippen LogP contribution in [0.3, 0.4) is 0 Å². The normalized spacial score (nSPS) is 21.5. The summed E-state index contributed by atoms with van der Waals surface area (Å²) in [6.07, 6.45) is 3.53. The minimum Gasteiger partial charge on any atom is -0.475 e. The number of benzene rings is 1. The second-order valence-electron chi connectivity index (χ2n) is 10.2. The monoisotopic (exact) mass is 425 g/mol. The zero-order valence-electron chi connectivity index (χ0n) is 19.4. The van der Waals surface area contributed by atoms with Crippen LogP contribution in [0.15, 0.2) is 18.2 Å². The molecule has 31 heavy (non-hydrogen) atoms. The van der Waals surface area contributed by atoms with Gasteiger partial charge in [0.05, 0.1) is 11.1 Å². The number of hydrogen-bond donors (Lipinski definition) is 2. The third-order valence-corrected chi connectivity index (χ3v) is 6.86. The second-order valence-corrected chi connectivity index (χ2v) is 10.2. The number of aliphatic hydroxyl groups is 1. The van der Waals surface area contributed by atoms with E-state index in [4.69, 9.17) is 4.74 Å². The highest BCUT2D eigenvalue weighted by Gasteiger charge is 2.44. The van der Waals surface area contributed by atoms with Crippen molar-refractivity contribution in [3.05, 3.63) is 34.9 Å². The molecule has 2 N–H and O–H groups in total. The number of nitrogens with one attached hydrogen (secondary N) is 1. The summed E-state index contributed by atoms with van der Waals surface area (Å²) in [5.41, 5.74) is 4.45. The Morgan fingerprint density at radius 1 is 1.29 bits per heavy atom. The molecule has 2 bridgehead atoms. The van der Waals surface area contributed by atoms with E-state index in [-0.39, 0.29) is 25.0 Å². The predicted molar refractivity (Wildman–Crippen MR) is 121 cm³/mol. The van der Waals surface area contributed by atoms with E-state index in [9.17, 15) is 9.90 Å². The molecule has 2 aromatic rings. The first-order valence-corrected chi connectivity index (χ1v) is 11.4. The molecule has 2 aliphatic rings. The van der Waals surface area contributed by atoms with Gasteiger partial charge in [-0.25, -0.2) is 0 Å². The summed E-state index contributed by atoms with van der Waals surface area (Å²) in [6.45, 7) is 11.1. The van der Waals surface area contributed by atoms with Gasteiger partial charge in [-0.2, -0.15) is 0 Å². The van der Waals surface area contributed by atoms with E-state index in [1.807, 2.05) is 20.8 Å². The number of likely N-dealkylation sites (tertiary alicyclic amines) is 1. The largest absolute Gasteiger partial charge is 0.475 e. The molecule has 1 saturated carbocycles. The summed E-state index contributed by atoms with van der Waals surface area (Å²) < 4.78 is 6.15. The smallest absolute Gasteiger partial charge is 0.236 e. The van der Waals surface area contributed by atoms with Gasteiger partial charge in [0.25, 0.3) is 0 Å². The zero-order chi connectivity index (χ0) is 22.3. The topological polar surface area (TPSA) is 78.5 Å². The molecular weight excluding hydrogens is 390 g/mol. The lowest BCUT2D eigenvalue weighted by Gasteiger charge is -2.34. The maximum absolute atomic E-state index is 13.2. The van der Waals surface area contributed by atoms with E-state index in [1.165, 1.54) is 17.5 Å². The third-order valence-electron chi connectivity index (χ3n) is 6.86. The van der Waals surface area contributed by atoms with Crippen LogP contribution in [0.1, 0.15) is 62.6 Å².